The van der Waals surface area contributed by atoms with Crippen LogP contribution in [0.5, 0.6) is 0 Å². The molecule has 3 rings (SSSR count). The van der Waals surface area contributed by atoms with Gasteiger partial charge in [-0.05, 0) is 38.5 Å². The second kappa shape index (κ2) is 3.61. The minimum Gasteiger partial charge on any atom is -0.311 e. The van der Waals surface area contributed by atoms with Crippen LogP contribution in [0.15, 0.2) is 6.20 Å². The minimum absolute atomic E-state index is 0.596. The summed E-state index contributed by atoms with van der Waals surface area (Å²) < 4.78 is 2.25. The molecule has 0 aliphatic carbocycles. The molecule has 0 saturated carbocycles. The van der Waals surface area contributed by atoms with Crippen molar-refractivity contribution in [3.8, 4) is 0 Å². The van der Waals surface area contributed by atoms with Gasteiger partial charge in [-0.2, -0.15) is 5.10 Å². The molecule has 1 saturated heterocycles. The van der Waals surface area contributed by atoms with E-state index in [-0.39, 0.29) is 0 Å². The van der Waals surface area contributed by atoms with Crippen molar-refractivity contribution in [1.82, 2.24) is 20.0 Å². The number of rotatable bonds is 1. The summed E-state index contributed by atoms with van der Waals surface area (Å²) in [5.74, 6) is 0. The molecule has 1 fully saturated rings. The highest BCUT2D eigenvalue weighted by molar-refractivity contribution is 5.21. The first-order valence-corrected chi connectivity index (χ1v) is 5.79. The van der Waals surface area contributed by atoms with Crippen molar-refractivity contribution < 1.29 is 0 Å². The van der Waals surface area contributed by atoms with Gasteiger partial charge in [0.25, 0.3) is 0 Å². The average molecular weight is 206 g/mol. The zero-order chi connectivity index (χ0) is 10.3. The van der Waals surface area contributed by atoms with Crippen LogP contribution < -0.4 is 5.32 Å². The summed E-state index contributed by atoms with van der Waals surface area (Å²) in [4.78, 5) is 2.38. The average Bonchev–Trinajstić information content (AvgIpc) is 2.83. The normalized spacial score (nSPS) is 26.9. The zero-order valence-electron chi connectivity index (χ0n) is 9.24. The first-order valence-electron chi connectivity index (χ1n) is 5.79. The summed E-state index contributed by atoms with van der Waals surface area (Å²) in [6, 6.07) is 0.596. The Morgan fingerprint density at radius 2 is 2.47 bits per heavy atom. The standard InChI is InChI=1S/C11H18N4/c1-14-5-3-10(8-14)15-11-7-12-4-2-9(11)6-13-15/h6,10,12H,2-5,7-8H2,1H3. The van der Waals surface area contributed by atoms with E-state index in [0.29, 0.717) is 6.04 Å². The fourth-order valence-electron chi connectivity index (χ4n) is 2.68. The van der Waals surface area contributed by atoms with Gasteiger partial charge in [0.15, 0.2) is 0 Å². The third kappa shape index (κ3) is 1.58. The lowest BCUT2D eigenvalue weighted by molar-refractivity contribution is 0.375. The van der Waals surface area contributed by atoms with Crippen LogP contribution >= 0.6 is 0 Å². The molecule has 1 unspecified atom stereocenters. The van der Waals surface area contributed by atoms with Crippen LogP contribution in [0, 0.1) is 0 Å². The second-order valence-corrected chi connectivity index (χ2v) is 4.69. The number of hydrogen-bond donors (Lipinski definition) is 1. The summed E-state index contributed by atoms with van der Waals surface area (Å²) in [7, 11) is 2.19. The summed E-state index contributed by atoms with van der Waals surface area (Å²) in [5, 5.41) is 7.99. The number of nitrogens with zero attached hydrogens (tertiary/aromatic N) is 3. The monoisotopic (exact) mass is 206 g/mol. The molecule has 1 aromatic rings. The quantitative estimate of drug-likeness (QED) is 0.722. The van der Waals surface area contributed by atoms with Crippen molar-refractivity contribution in [1.29, 1.82) is 0 Å². The summed E-state index contributed by atoms with van der Waals surface area (Å²) in [6.45, 7) is 4.44. The molecule has 4 heteroatoms. The lowest BCUT2D eigenvalue weighted by atomic mass is 10.1. The van der Waals surface area contributed by atoms with E-state index in [1.165, 1.54) is 24.2 Å². The van der Waals surface area contributed by atoms with E-state index in [9.17, 15) is 0 Å². The number of nitrogens with one attached hydrogen (secondary N) is 1. The van der Waals surface area contributed by atoms with E-state index in [4.69, 9.17) is 0 Å². The predicted molar refractivity (Wildman–Crippen MR) is 58.8 cm³/mol. The first-order chi connectivity index (χ1) is 7.34. The molecule has 0 spiro atoms. The summed E-state index contributed by atoms with van der Waals surface area (Å²) in [6.07, 6.45) is 4.44. The van der Waals surface area contributed by atoms with Gasteiger partial charge in [0.05, 0.1) is 17.9 Å². The molecule has 4 nitrogen and oxygen atoms in total. The van der Waals surface area contributed by atoms with Gasteiger partial charge in [-0.3, -0.25) is 4.68 Å². The van der Waals surface area contributed by atoms with E-state index < -0.39 is 0 Å². The van der Waals surface area contributed by atoms with Crippen molar-refractivity contribution in [2.45, 2.75) is 25.4 Å². The lowest BCUT2D eigenvalue weighted by Gasteiger charge is -2.19. The van der Waals surface area contributed by atoms with E-state index >= 15 is 0 Å². The van der Waals surface area contributed by atoms with Crippen molar-refractivity contribution in [3.63, 3.8) is 0 Å². The maximum atomic E-state index is 4.56. The molecule has 1 aromatic heterocycles. The van der Waals surface area contributed by atoms with Crippen molar-refractivity contribution in [3.05, 3.63) is 17.5 Å². The van der Waals surface area contributed by atoms with Gasteiger partial charge in [0.1, 0.15) is 0 Å². The summed E-state index contributed by atoms with van der Waals surface area (Å²) >= 11 is 0. The van der Waals surface area contributed by atoms with Crippen LogP contribution in [0.25, 0.3) is 0 Å². The fourth-order valence-corrected chi connectivity index (χ4v) is 2.68. The molecule has 0 radical (unpaired) electrons. The lowest BCUT2D eigenvalue weighted by Crippen LogP contribution is -2.27. The highest BCUT2D eigenvalue weighted by Crippen LogP contribution is 2.24. The molecule has 1 N–H and O–H groups in total. The molecule has 0 bridgehead atoms. The Balaban J connectivity index is 1.88. The first kappa shape index (κ1) is 9.36. The van der Waals surface area contributed by atoms with Crippen molar-refractivity contribution in [2.75, 3.05) is 26.7 Å². The van der Waals surface area contributed by atoms with Crippen LogP contribution in [-0.4, -0.2) is 41.4 Å². The number of likely N-dealkylation sites (tertiary alicyclic amines) is 1. The van der Waals surface area contributed by atoms with Gasteiger partial charge in [0.2, 0.25) is 0 Å². The number of likely N-dealkylation sites (N-methyl/N-ethyl adjacent to an activating group) is 1. The van der Waals surface area contributed by atoms with Gasteiger partial charge < -0.3 is 10.2 Å². The highest BCUT2D eigenvalue weighted by Gasteiger charge is 2.25. The van der Waals surface area contributed by atoms with Crippen LogP contribution in [0.2, 0.25) is 0 Å². The number of aromatic nitrogens is 2. The number of fused-ring (bicyclic) bond motifs is 1. The molecule has 0 amide bonds. The maximum absolute atomic E-state index is 4.56. The van der Waals surface area contributed by atoms with E-state index in [2.05, 4.69) is 33.2 Å². The molecule has 1 atom stereocenters. The molecule has 3 heterocycles. The van der Waals surface area contributed by atoms with Crippen molar-refractivity contribution >= 4 is 0 Å². The van der Waals surface area contributed by atoms with Gasteiger partial charge in [-0.1, -0.05) is 0 Å². The highest BCUT2D eigenvalue weighted by atomic mass is 15.3. The Hall–Kier alpha value is -0.870. The van der Waals surface area contributed by atoms with E-state index in [1.54, 1.807) is 0 Å². The zero-order valence-corrected chi connectivity index (χ0v) is 9.24. The molecule has 15 heavy (non-hydrogen) atoms. The van der Waals surface area contributed by atoms with Crippen LogP contribution in [0.4, 0.5) is 0 Å². The Morgan fingerprint density at radius 3 is 3.27 bits per heavy atom. The summed E-state index contributed by atoms with van der Waals surface area (Å²) in [5.41, 5.74) is 2.87. The Kier molecular flexibility index (Phi) is 2.25. The topological polar surface area (TPSA) is 33.1 Å². The largest absolute Gasteiger partial charge is 0.311 e. The van der Waals surface area contributed by atoms with Crippen LogP contribution in [-0.2, 0) is 13.0 Å². The molecule has 2 aliphatic rings. The second-order valence-electron chi connectivity index (χ2n) is 4.69. The minimum atomic E-state index is 0.596. The van der Waals surface area contributed by atoms with Crippen LogP contribution in [0.3, 0.4) is 0 Å². The fraction of sp³-hybridized carbons (Fsp3) is 0.727. The Labute approximate surface area is 90.3 Å². The smallest absolute Gasteiger partial charge is 0.0662 e. The van der Waals surface area contributed by atoms with E-state index in [0.717, 1.165) is 26.1 Å². The van der Waals surface area contributed by atoms with E-state index in [1.807, 2.05) is 0 Å². The molecule has 0 aromatic carbocycles. The Morgan fingerprint density at radius 1 is 1.53 bits per heavy atom. The van der Waals surface area contributed by atoms with Gasteiger partial charge in [0, 0.05) is 13.1 Å². The third-order valence-corrected chi connectivity index (χ3v) is 3.56. The molecular formula is C11H18N4. The molecule has 82 valence electrons. The maximum Gasteiger partial charge on any atom is 0.0662 e. The van der Waals surface area contributed by atoms with Crippen molar-refractivity contribution in [2.24, 2.45) is 0 Å². The Bertz CT molecular complexity index is 357. The van der Waals surface area contributed by atoms with Crippen LogP contribution in [0.1, 0.15) is 23.7 Å². The van der Waals surface area contributed by atoms with Gasteiger partial charge in [-0.25, -0.2) is 0 Å². The van der Waals surface area contributed by atoms with Gasteiger partial charge >= 0.3 is 0 Å². The third-order valence-electron chi connectivity index (χ3n) is 3.56. The number of hydrogen-bond acceptors (Lipinski definition) is 3. The predicted octanol–water partition coefficient (Wildman–Crippen LogP) is 0.405. The van der Waals surface area contributed by atoms with Gasteiger partial charge in [-0.15, -0.1) is 0 Å². The molecular weight excluding hydrogens is 188 g/mol. The molecule has 2 aliphatic heterocycles. The SMILES string of the molecule is CN1CCC(n2ncc3c2CNCC3)C1.